The zero-order valence-corrected chi connectivity index (χ0v) is 9.23. The van der Waals surface area contributed by atoms with E-state index in [1.165, 1.54) is 5.56 Å². The molecule has 0 N–H and O–H groups in total. The molecule has 74 valence electrons. The van der Waals surface area contributed by atoms with Crippen LogP contribution in [0.3, 0.4) is 0 Å². The largest absolute Gasteiger partial charge is 0.491 e. The second kappa shape index (κ2) is 5.53. The van der Waals surface area contributed by atoms with E-state index >= 15 is 0 Å². The highest BCUT2D eigenvalue weighted by Gasteiger charge is 1.98. The first kappa shape index (κ1) is 10.9. The third-order valence-corrected chi connectivity index (χ3v) is 2.00. The van der Waals surface area contributed by atoms with Gasteiger partial charge in [-0.25, -0.2) is 4.99 Å². The number of benzene rings is 1. The predicted molar refractivity (Wildman–Crippen MR) is 61.3 cm³/mol. The smallest absolute Gasteiger partial charge is 0.122 e. The van der Waals surface area contributed by atoms with E-state index in [1.54, 1.807) is 0 Å². The van der Waals surface area contributed by atoms with E-state index < -0.39 is 0 Å². The zero-order valence-electron chi connectivity index (χ0n) is 8.41. The quantitative estimate of drug-likeness (QED) is 0.430. The molecule has 2 nitrogen and oxygen atoms in total. The molecule has 0 spiro atoms. The molecule has 1 rings (SSSR count). The molecule has 0 aliphatic heterocycles. The first-order chi connectivity index (χ1) is 6.74. The van der Waals surface area contributed by atoms with E-state index in [2.05, 4.69) is 28.4 Å². The van der Waals surface area contributed by atoms with Crippen molar-refractivity contribution in [3.8, 4) is 5.75 Å². The van der Waals surface area contributed by atoms with Crippen LogP contribution in [-0.4, -0.2) is 18.3 Å². The summed E-state index contributed by atoms with van der Waals surface area (Å²) < 4.78 is 5.54. The van der Waals surface area contributed by atoms with Gasteiger partial charge in [0.2, 0.25) is 0 Å². The fraction of sp³-hybridized carbons (Fsp3) is 0.364. The van der Waals surface area contributed by atoms with Gasteiger partial charge >= 0.3 is 0 Å². The zero-order chi connectivity index (χ0) is 10.4. The van der Waals surface area contributed by atoms with Gasteiger partial charge in [0.15, 0.2) is 0 Å². The van der Waals surface area contributed by atoms with Gasteiger partial charge in [-0.1, -0.05) is 12.1 Å². The van der Waals surface area contributed by atoms with Gasteiger partial charge in [-0.2, -0.15) is 0 Å². The van der Waals surface area contributed by atoms with Crippen molar-refractivity contribution < 1.29 is 4.74 Å². The minimum absolute atomic E-state index is 0.550. The van der Waals surface area contributed by atoms with Crippen LogP contribution in [0.2, 0.25) is 0 Å². The maximum atomic E-state index is 5.54. The first-order valence-electron chi connectivity index (χ1n) is 4.47. The van der Waals surface area contributed by atoms with Crippen LogP contribution in [0, 0.1) is 13.8 Å². The highest BCUT2D eigenvalue weighted by molar-refractivity contribution is 7.78. The number of rotatable bonds is 4. The highest BCUT2D eigenvalue weighted by Crippen LogP contribution is 2.18. The van der Waals surface area contributed by atoms with Crippen LogP contribution >= 0.6 is 12.2 Å². The first-order valence-corrected chi connectivity index (χ1v) is 4.88. The van der Waals surface area contributed by atoms with Crippen molar-refractivity contribution in [3.63, 3.8) is 0 Å². The topological polar surface area (TPSA) is 21.6 Å². The summed E-state index contributed by atoms with van der Waals surface area (Å²) in [7, 11) is 0. The molecule has 0 atom stereocenters. The standard InChI is InChI=1S/C11H13NOS/c1-9-3-4-10(2)11(7-9)13-6-5-12-8-14/h3-4,7H,5-6H2,1-2H3. The second-order valence-corrected chi connectivity index (χ2v) is 3.27. The summed E-state index contributed by atoms with van der Waals surface area (Å²) in [5.41, 5.74) is 2.34. The highest BCUT2D eigenvalue weighted by atomic mass is 32.1. The Morgan fingerprint density at radius 2 is 2.21 bits per heavy atom. The van der Waals surface area contributed by atoms with E-state index in [9.17, 15) is 0 Å². The number of ether oxygens (including phenoxy) is 1. The van der Waals surface area contributed by atoms with Crippen LogP contribution in [0.25, 0.3) is 0 Å². The summed E-state index contributed by atoms with van der Waals surface area (Å²) in [6.07, 6.45) is 0. The average molecular weight is 207 g/mol. The molecule has 0 aliphatic rings. The Morgan fingerprint density at radius 3 is 2.93 bits per heavy atom. The molecule has 0 aliphatic carbocycles. The summed E-state index contributed by atoms with van der Waals surface area (Å²) in [4.78, 5) is 3.78. The number of hydrogen-bond donors (Lipinski definition) is 0. The molecule has 0 unspecified atom stereocenters. The number of aliphatic imine (C=N–C) groups is 1. The van der Waals surface area contributed by atoms with Gasteiger partial charge in [0.1, 0.15) is 12.4 Å². The molecule has 1 aromatic rings. The fourth-order valence-electron chi connectivity index (χ4n) is 1.11. The normalized spacial score (nSPS) is 9.29. The fourth-order valence-corrected chi connectivity index (χ4v) is 1.20. The Bertz CT molecular complexity index is 356. The SMILES string of the molecule is Cc1ccc(C)c(OCCN=C=S)c1. The van der Waals surface area contributed by atoms with Crippen molar-refractivity contribution in [2.75, 3.05) is 13.2 Å². The van der Waals surface area contributed by atoms with Crippen LogP contribution in [0.5, 0.6) is 5.75 Å². The molecule has 0 bridgehead atoms. The van der Waals surface area contributed by atoms with E-state index in [-0.39, 0.29) is 0 Å². The Labute approximate surface area is 89.6 Å². The van der Waals surface area contributed by atoms with E-state index in [1.807, 2.05) is 26.0 Å². The number of isothiocyanates is 1. The minimum atomic E-state index is 0.550. The van der Waals surface area contributed by atoms with Crippen molar-refractivity contribution in [3.05, 3.63) is 29.3 Å². The summed E-state index contributed by atoms with van der Waals surface area (Å²) >= 11 is 4.46. The Hall–Kier alpha value is -1.18. The lowest BCUT2D eigenvalue weighted by Gasteiger charge is -2.07. The Morgan fingerprint density at radius 1 is 1.43 bits per heavy atom. The Kier molecular flexibility index (Phi) is 4.30. The van der Waals surface area contributed by atoms with E-state index in [0.29, 0.717) is 13.2 Å². The molecule has 3 heteroatoms. The van der Waals surface area contributed by atoms with Gasteiger partial charge in [0.05, 0.1) is 11.7 Å². The van der Waals surface area contributed by atoms with Crippen LogP contribution in [0.1, 0.15) is 11.1 Å². The molecule has 0 fully saturated rings. The van der Waals surface area contributed by atoms with Crippen molar-refractivity contribution >= 4 is 17.4 Å². The maximum Gasteiger partial charge on any atom is 0.122 e. The molecule has 0 saturated heterocycles. The number of hydrogen-bond acceptors (Lipinski definition) is 3. The van der Waals surface area contributed by atoms with Crippen molar-refractivity contribution in [1.82, 2.24) is 0 Å². The monoisotopic (exact) mass is 207 g/mol. The van der Waals surface area contributed by atoms with Gasteiger partial charge < -0.3 is 4.74 Å². The lowest BCUT2D eigenvalue weighted by molar-refractivity contribution is 0.326. The average Bonchev–Trinajstić information content (AvgIpc) is 2.18. The molecular weight excluding hydrogens is 194 g/mol. The van der Waals surface area contributed by atoms with Gasteiger partial charge in [0.25, 0.3) is 0 Å². The molecule has 0 aromatic heterocycles. The van der Waals surface area contributed by atoms with Crippen LogP contribution in [-0.2, 0) is 0 Å². The summed E-state index contributed by atoms with van der Waals surface area (Å²) in [5, 5.41) is 2.31. The van der Waals surface area contributed by atoms with Crippen LogP contribution in [0.4, 0.5) is 0 Å². The van der Waals surface area contributed by atoms with Gasteiger partial charge in [-0.05, 0) is 43.3 Å². The second-order valence-electron chi connectivity index (χ2n) is 3.09. The van der Waals surface area contributed by atoms with E-state index in [0.717, 1.165) is 11.3 Å². The lowest BCUT2D eigenvalue weighted by Crippen LogP contribution is -2.02. The maximum absolute atomic E-state index is 5.54. The number of aryl methyl sites for hydroxylation is 2. The van der Waals surface area contributed by atoms with Crippen molar-refractivity contribution in [1.29, 1.82) is 0 Å². The van der Waals surface area contributed by atoms with Crippen LogP contribution in [0.15, 0.2) is 23.2 Å². The summed E-state index contributed by atoms with van der Waals surface area (Å²) in [5.74, 6) is 0.921. The van der Waals surface area contributed by atoms with Gasteiger partial charge in [-0.3, -0.25) is 0 Å². The molecule has 0 amide bonds. The number of thiocarbonyl (C=S) groups is 1. The Balaban J connectivity index is 2.57. The minimum Gasteiger partial charge on any atom is -0.491 e. The molecule has 14 heavy (non-hydrogen) atoms. The van der Waals surface area contributed by atoms with Crippen molar-refractivity contribution in [2.45, 2.75) is 13.8 Å². The molecule has 0 heterocycles. The summed E-state index contributed by atoms with van der Waals surface area (Å²) in [6.45, 7) is 5.18. The third kappa shape index (κ3) is 3.29. The molecule has 0 radical (unpaired) electrons. The van der Waals surface area contributed by atoms with Gasteiger partial charge in [0, 0.05) is 0 Å². The predicted octanol–water partition coefficient (Wildman–Crippen LogP) is 2.79. The molecule has 1 aromatic carbocycles. The summed E-state index contributed by atoms with van der Waals surface area (Å²) in [6, 6.07) is 6.14. The molecule has 0 saturated carbocycles. The lowest BCUT2D eigenvalue weighted by atomic mass is 10.1. The number of nitrogens with zero attached hydrogens (tertiary/aromatic N) is 1. The van der Waals surface area contributed by atoms with Crippen molar-refractivity contribution in [2.24, 2.45) is 4.99 Å². The van der Waals surface area contributed by atoms with Gasteiger partial charge in [-0.15, -0.1) is 0 Å². The molecular formula is C11H13NOS. The van der Waals surface area contributed by atoms with E-state index in [4.69, 9.17) is 4.74 Å². The van der Waals surface area contributed by atoms with Crippen LogP contribution < -0.4 is 4.74 Å². The third-order valence-electron chi connectivity index (χ3n) is 1.87.